The average Bonchev–Trinajstić information content (AvgIpc) is 1.58. The van der Waals surface area contributed by atoms with Crippen molar-refractivity contribution in [1.29, 1.82) is 0 Å². The predicted molar refractivity (Wildman–Crippen MR) is 365 cm³/mol. The van der Waals surface area contributed by atoms with Crippen LogP contribution in [0.15, 0.2) is 294 Å². The van der Waals surface area contributed by atoms with Crippen molar-refractivity contribution < 1.29 is 8.83 Å². The molecule has 0 atom stereocenters. The first-order valence-electron chi connectivity index (χ1n) is 29.8. The number of hydrogen-bond donors (Lipinski definition) is 0. The van der Waals surface area contributed by atoms with E-state index < -0.39 is 0 Å². The summed E-state index contributed by atoms with van der Waals surface area (Å²) in [6.45, 7) is 0. The van der Waals surface area contributed by atoms with Gasteiger partial charge in [0.2, 0.25) is 5.95 Å². The van der Waals surface area contributed by atoms with E-state index in [4.69, 9.17) is 23.8 Å². The molecule has 7 heteroatoms. The first kappa shape index (κ1) is 48.4. The molecule has 0 saturated heterocycles. The monoisotopic (exact) mass is 1120 g/mol. The Bertz CT molecular complexity index is 6130. The van der Waals surface area contributed by atoms with Crippen molar-refractivity contribution in [3.05, 3.63) is 285 Å². The second kappa shape index (κ2) is 18.8. The molecule has 7 nitrogen and oxygen atoms in total. The van der Waals surface area contributed by atoms with Gasteiger partial charge in [-0.15, -0.1) is 0 Å². The van der Waals surface area contributed by atoms with E-state index in [-0.39, 0.29) is 0 Å². The molecular formula is C81H47N5O2. The van der Waals surface area contributed by atoms with Gasteiger partial charge in [-0.25, -0.2) is 4.98 Å². The SMILES string of the molecule is c1ccc(-c2nc(-c3cccc(-c4ccc(N(c5ccc6c(ccc7ccc8c(ccc9c%10ccccc%10oc98)c76)c5)c5ccc6c(c5)oc5ccccc56)cc4)c3)nc(-n3c4ccccc4c4c5c(ccc6ccc7ccccc7c65)ccc43)n2)cc1. The van der Waals surface area contributed by atoms with Crippen molar-refractivity contribution in [2.24, 2.45) is 0 Å². The van der Waals surface area contributed by atoms with E-state index in [1.54, 1.807) is 0 Å². The van der Waals surface area contributed by atoms with Crippen LogP contribution < -0.4 is 4.90 Å². The lowest BCUT2D eigenvalue weighted by Crippen LogP contribution is -2.09. The molecule has 19 rings (SSSR count). The van der Waals surface area contributed by atoms with E-state index >= 15 is 0 Å². The summed E-state index contributed by atoms with van der Waals surface area (Å²) in [6, 6.07) is 102. The lowest BCUT2D eigenvalue weighted by Gasteiger charge is -2.26. The van der Waals surface area contributed by atoms with Crippen molar-refractivity contribution in [2.75, 3.05) is 4.90 Å². The minimum atomic E-state index is 0.550. The number of fused-ring (bicyclic) bond motifs is 21. The molecule has 0 amide bonds. The third-order valence-corrected chi connectivity index (χ3v) is 18.2. The summed E-state index contributed by atoms with van der Waals surface area (Å²) in [5.41, 5.74) is 12.5. The van der Waals surface area contributed by atoms with Crippen LogP contribution in [0, 0.1) is 0 Å². The number of nitrogens with zero attached hydrogens (tertiary/aromatic N) is 5. The molecule has 4 aromatic heterocycles. The maximum absolute atomic E-state index is 6.55. The van der Waals surface area contributed by atoms with Gasteiger partial charge in [0.15, 0.2) is 11.6 Å². The Morgan fingerprint density at radius 3 is 1.62 bits per heavy atom. The fraction of sp³-hybridized carbons (Fsp3) is 0. The Kier molecular flexibility index (Phi) is 10.3. The first-order valence-corrected chi connectivity index (χ1v) is 29.8. The van der Waals surface area contributed by atoms with Crippen LogP contribution in [0.2, 0.25) is 0 Å². The Morgan fingerprint density at radius 2 is 0.795 bits per heavy atom. The summed E-state index contributed by atoms with van der Waals surface area (Å²) >= 11 is 0. The molecule has 88 heavy (non-hydrogen) atoms. The Labute approximate surface area is 502 Å². The second-order valence-corrected chi connectivity index (χ2v) is 23.0. The fourth-order valence-corrected chi connectivity index (χ4v) is 14.1. The minimum Gasteiger partial charge on any atom is -0.456 e. The van der Waals surface area contributed by atoms with Gasteiger partial charge in [0.1, 0.15) is 22.3 Å². The highest BCUT2D eigenvalue weighted by molar-refractivity contribution is 6.33. The topological polar surface area (TPSA) is 73.1 Å². The van der Waals surface area contributed by atoms with E-state index in [0.29, 0.717) is 17.6 Å². The fourth-order valence-electron chi connectivity index (χ4n) is 14.1. The highest BCUT2D eigenvalue weighted by Gasteiger charge is 2.23. The molecule has 0 aliphatic heterocycles. The maximum atomic E-state index is 6.55. The quantitative estimate of drug-likeness (QED) is 0.148. The number of furan rings is 2. The zero-order valence-corrected chi connectivity index (χ0v) is 47.2. The van der Waals surface area contributed by atoms with Crippen molar-refractivity contribution in [2.45, 2.75) is 0 Å². The largest absolute Gasteiger partial charge is 0.456 e. The molecule has 0 aliphatic carbocycles. The van der Waals surface area contributed by atoms with Crippen molar-refractivity contribution >= 4 is 147 Å². The summed E-state index contributed by atoms with van der Waals surface area (Å²) < 4.78 is 15.3. The van der Waals surface area contributed by atoms with E-state index in [2.05, 4.69) is 252 Å². The molecule has 0 aliphatic rings. The third kappa shape index (κ3) is 7.34. The van der Waals surface area contributed by atoms with Gasteiger partial charge in [-0.1, -0.05) is 200 Å². The molecule has 0 spiro atoms. The van der Waals surface area contributed by atoms with Gasteiger partial charge in [-0.2, -0.15) is 9.97 Å². The summed E-state index contributed by atoms with van der Waals surface area (Å²) in [7, 11) is 0. The lowest BCUT2D eigenvalue weighted by molar-refractivity contribution is 0.669. The number of rotatable bonds is 7. The van der Waals surface area contributed by atoms with Crippen molar-refractivity contribution in [3.63, 3.8) is 0 Å². The van der Waals surface area contributed by atoms with Crippen LogP contribution in [0.1, 0.15) is 0 Å². The zero-order valence-electron chi connectivity index (χ0n) is 47.2. The second-order valence-electron chi connectivity index (χ2n) is 23.0. The molecular weight excluding hydrogens is 1070 g/mol. The smallest absolute Gasteiger partial charge is 0.238 e. The van der Waals surface area contributed by atoms with Gasteiger partial charge < -0.3 is 13.7 Å². The zero-order chi connectivity index (χ0) is 57.6. The first-order chi connectivity index (χ1) is 43.6. The van der Waals surface area contributed by atoms with E-state index in [1.807, 2.05) is 42.5 Å². The molecule has 408 valence electrons. The van der Waals surface area contributed by atoms with Crippen molar-refractivity contribution in [3.8, 4) is 39.9 Å². The van der Waals surface area contributed by atoms with Gasteiger partial charge in [0.25, 0.3) is 0 Å². The highest BCUT2D eigenvalue weighted by Crippen LogP contribution is 2.46. The van der Waals surface area contributed by atoms with E-state index in [0.717, 1.165) is 110 Å². The molecule has 0 unspecified atom stereocenters. The number of aromatic nitrogens is 4. The Hall–Kier alpha value is -11.9. The van der Waals surface area contributed by atoms with Crippen LogP contribution in [0.25, 0.3) is 170 Å². The summed E-state index contributed by atoms with van der Waals surface area (Å²) in [5, 5.41) is 21.0. The maximum Gasteiger partial charge on any atom is 0.238 e. The van der Waals surface area contributed by atoms with Gasteiger partial charge in [-0.05, 0) is 144 Å². The molecule has 0 radical (unpaired) electrons. The highest BCUT2D eigenvalue weighted by atomic mass is 16.3. The Balaban J connectivity index is 0.741. The van der Waals surface area contributed by atoms with Crippen LogP contribution in [0.5, 0.6) is 0 Å². The normalized spacial score (nSPS) is 12.1. The molecule has 0 bridgehead atoms. The van der Waals surface area contributed by atoms with E-state index in [9.17, 15) is 0 Å². The molecule has 4 heterocycles. The lowest BCUT2D eigenvalue weighted by atomic mass is 9.94. The van der Waals surface area contributed by atoms with Crippen LogP contribution in [-0.2, 0) is 0 Å². The van der Waals surface area contributed by atoms with Gasteiger partial charge in [-0.3, -0.25) is 4.57 Å². The van der Waals surface area contributed by atoms with Gasteiger partial charge in [0, 0.05) is 77.3 Å². The molecule has 19 aromatic rings. The number of anilines is 3. The number of benzene rings is 15. The van der Waals surface area contributed by atoms with Gasteiger partial charge in [0.05, 0.1) is 11.0 Å². The van der Waals surface area contributed by atoms with E-state index in [1.165, 1.54) is 59.2 Å². The van der Waals surface area contributed by atoms with Crippen LogP contribution in [-0.4, -0.2) is 19.5 Å². The average molecular weight is 1120 g/mol. The summed E-state index contributed by atoms with van der Waals surface area (Å²) in [4.78, 5) is 18.4. The van der Waals surface area contributed by atoms with Crippen LogP contribution in [0.4, 0.5) is 17.1 Å². The van der Waals surface area contributed by atoms with Gasteiger partial charge >= 0.3 is 0 Å². The molecule has 0 saturated carbocycles. The molecule has 15 aromatic carbocycles. The molecule has 0 N–H and O–H groups in total. The third-order valence-electron chi connectivity index (χ3n) is 18.2. The number of para-hydroxylation sites is 3. The Morgan fingerprint density at radius 1 is 0.261 bits per heavy atom. The summed E-state index contributed by atoms with van der Waals surface area (Å²) in [6.07, 6.45) is 0. The standard InChI is InChI=1S/C81H47N5O2/c1-2-14-53(15-3-1)79-82-80(84-81(83-79)86-69-22-9-6-21-68(69)77-70(86)44-34-52-28-27-51-26-25-49-13-4-5-18-60(49)75(51)76(52)77)56-17-12-16-54(45-56)48-31-35-57(36-32-48)85(59-38-41-64-62-19-7-10-23-71(62)87-73(64)47-59)58-37-40-61-55(46-58)30-29-50-33-39-67-65(74(50)61)42-43-66-63-20-8-11-24-72(63)88-78(66)67/h1-47H. The van der Waals surface area contributed by atoms with Crippen LogP contribution >= 0.6 is 0 Å². The van der Waals surface area contributed by atoms with Crippen LogP contribution in [0.3, 0.4) is 0 Å². The minimum absolute atomic E-state index is 0.550. The van der Waals surface area contributed by atoms with Crippen molar-refractivity contribution in [1.82, 2.24) is 19.5 Å². The number of hydrogen-bond acceptors (Lipinski definition) is 6. The molecule has 0 fully saturated rings. The predicted octanol–water partition coefficient (Wildman–Crippen LogP) is 22.2. The summed E-state index contributed by atoms with van der Waals surface area (Å²) in [5.74, 6) is 1.73.